The first-order chi connectivity index (χ1) is 19.4. The summed E-state index contributed by atoms with van der Waals surface area (Å²) in [5.41, 5.74) is 2.25. The van der Waals surface area contributed by atoms with Crippen LogP contribution >= 0.6 is 27.5 Å². The molecule has 3 aromatic rings. The Kier molecular flexibility index (Phi) is 12.2. The molecule has 10 heteroatoms. The van der Waals surface area contributed by atoms with Gasteiger partial charge in [-0.3, -0.25) is 13.9 Å². The van der Waals surface area contributed by atoms with Gasteiger partial charge in [0.2, 0.25) is 21.8 Å². The fourth-order valence-corrected chi connectivity index (χ4v) is 6.03. The van der Waals surface area contributed by atoms with Gasteiger partial charge < -0.3 is 10.2 Å². The maximum atomic E-state index is 13.9. The van der Waals surface area contributed by atoms with E-state index >= 15 is 0 Å². The van der Waals surface area contributed by atoms with Gasteiger partial charge in [-0.05, 0) is 53.8 Å². The number of sulfonamides is 1. The normalized spacial score (nSPS) is 12.1. The Hall–Kier alpha value is -2.88. The monoisotopic (exact) mass is 661 g/mol. The molecule has 3 rings (SSSR count). The van der Waals surface area contributed by atoms with Crippen LogP contribution in [0.25, 0.3) is 0 Å². The van der Waals surface area contributed by atoms with E-state index in [2.05, 4.69) is 21.2 Å². The summed E-state index contributed by atoms with van der Waals surface area (Å²) in [4.78, 5) is 29.1. The SMILES string of the molecule is CC(C)CNC(=O)[C@@H](Cc1ccccc1)N(Cc1cccc(Br)c1)C(=O)CCCN(c1cccc(Cl)c1)S(C)(=O)=O. The minimum absolute atomic E-state index is 0.0589. The van der Waals surface area contributed by atoms with Gasteiger partial charge in [0, 0.05) is 42.0 Å². The largest absolute Gasteiger partial charge is 0.354 e. The topological polar surface area (TPSA) is 86.8 Å². The lowest BCUT2D eigenvalue weighted by Gasteiger charge is -2.32. The highest BCUT2D eigenvalue weighted by molar-refractivity contribution is 9.10. The summed E-state index contributed by atoms with van der Waals surface area (Å²) >= 11 is 9.60. The van der Waals surface area contributed by atoms with Crippen LogP contribution in [0.2, 0.25) is 5.02 Å². The number of benzene rings is 3. The number of carbonyl (C=O) groups excluding carboxylic acids is 2. The van der Waals surface area contributed by atoms with Crippen molar-refractivity contribution in [2.75, 3.05) is 23.7 Å². The van der Waals surface area contributed by atoms with Crippen molar-refractivity contribution in [1.82, 2.24) is 10.2 Å². The van der Waals surface area contributed by atoms with Gasteiger partial charge >= 0.3 is 0 Å². The Bertz CT molecular complexity index is 1420. The fourth-order valence-electron chi connectivity index (χ4n) is 4.44. The zero-order valence-electron chi connectivity index (χ0n) is 23.6. The highest BCUT2D eigenvalue weighted by atomic mass is 79.9. The van der Waals surface area contributed by atoms with Crippen molar-refractivity contribution in [2.45, 2.75) is 45.7 Å². The number of anilines is 1. The molecule has 0 heterocycles. The van der Waals surface area contributed by atoms with Crippen LogP contribution < -0.4 is 9.62 Å². The number of hydrogen-bond acceptors (Lipinski definition) is 4. The summed E-state index contributed by atoms with van der Waals surface area (Å²) in [7, 11) is -3.61. The molecule has 1 N–H and O–H groups in total. The molecule has 1 atom stereocenters. The zero-order chi connectivity index (χ0) is 30.0. The van der Waals surface area contributed by atoms with Gasteiger partial charge in [-0.15, -0.1) is 0 Å². The second kappa shape index (κ2) is 15.4. The molecule has 3 aromatic carbocycles. The van der Waals surface area contributed by atoms with Gasteiger partial charge in [-0.2, -0.15) is 0 Å². The number of rotatable bonds is 14. The van der Waals surface area contributed by atoms with Gasteiger partial charge in [0.05, 0.1) is 11.9 Å². The summed E-state index contributed by atoms with van der Waals surface area (Å²) < 4.78 is 27.3. The van der Waals surface area contributed by atoms with Crippen molar-refractivity contribution in [2.24, 2.45) is 5.92 Å². The molecule has 0 aliphatic heterocycles. The third kappa shape index (κ3) is 10.5. The minimum atomic E-state index is -3.61. The molecule has 0 aliphatic rings. The van der Waals surface area contributed by atoms with Gasteiger partial charge in [0.15, 0.2) is 0 Å². The molecule has 41 heavy (non-hydrogen) atoms. The van der Waals surface area contributed by atoms with Gasteiger partial charge in [0.1, 0.15) is 6.04 Å². The predicted molar refractivity (Wildman–Crippen MR) is 169 cm³/mol. The van der Waals surface area contributed by atoms with E-state index in [1.807, 2.05) is 68.4 Å². The molecule has 0 fully saturated rings. The number of halogens is 2. The van der Waals surface area contributed by atoms with E-state index in [1.165, 1.54) is 4.31 Å². The van der Waals surface area contributed by atoms with Crippen LogP contribution in [0.5, 0.6) is 0 Å². The first kappa shape index (κ1) is 32.6. The van der Waals surface area contributed by atoms with Crippen molar-refractivity contribution in [3.63, 3.8) is 0 Å². The van der Waals surface area contributed by atoms with Crippen molar-refractivity contribution in [3.05, 3.63) is 99.5 Å². The molecule has 0 bridgehead atoms. The highest BCUT2D eigenvalue weighted by Crippen LogP contribution is 2.23. The van der Waals surface area contributed by atoms with Crippen LogP contribution in [0.15, 0.2) is 83.3 Å². The number of nitrogens with one attached hydrogen (secondary N) is 1. The Morgan fingerprint density at radius 3 is 2.27 bits per heavy atom. The molecule has 0 saturated carbocycles. The summed E-state index contributed by atoms with van der Waals surface area (Å²) in [6.45, 7) is 4.86. The Morgan fingerprint density at radius 1 is 0.951 bits per heavy atom. The molecule has 220 valence electrons. The molecule has 7 nitrogen and oxygen atoms in total. The lowest BCUT2D eigenvalue weighted by molar-refractivity contribution is -0.141. The van der Waals surface area contributed by atoms with Crippen LogP contribution in [0.3, 0.4) is 0 Å². The molecular weight excluding hydrogens is 626 g/mol. The number of amides is 2. The summed E-state index contributed by atoms with van der Waals surface area (Å²) in [5, 5.41) is 3.43. The predicted octanol–water partition coefficient (Wildman–Crippen LogP) is 6.06. The smallest absolute Gasteiger partial charge is 0.243 e. The minimum Gasteiger partial charge on any atom is -0.354 e. The summed E-state index contributed by atoms with van der Waals surface area (Å²) in [6, 6.07) is 23.1. The lowest BCUT2D eigenvalue weighted by Crippen LogP contribution is -2.51. The van der Waals surface area contributed by atoms with E-state index < -0.39 is 16.1 Å². The Balaban J connectivity index is 1.88. The molecule has 0 radical (unpaired) electrons. The Morgan fingerprint density at radius 2 is 1.63 bits per heavy atom. The zero-order valence-corrected chi connectivity index (χ0v) is 26.8. The third-order valence-electron chi connectivity index (χ3n) is 6.45. The van der Waals surface area contributed by atoms with Gasteiger partial charge in [-0.1, -0.05) is 89.9 Å². The molecule has 0 aliphatic carbocycles. The van der Waals surface area contributed by atoms with E-state index in [4.69, 9.17) is 11.6 Å². The maximum Gasteiger partial charge on any atom is 0.243 e. The number of hydrogen-bond donors (Lipinski definition) is 1. The van der Waals surface area contributed by atoms with Crippen molar-refractivity contribution < 1.29 is 18.0 Å². The third-order valence-corrected chi connectivity index (χ3v) is 8.37. The van der Waals surface area contributed by atoms with Crippen molar-refractivity contribution in [3.8, 4) is 0 Å². The molecule has 0 aromatic heterocycles. The quantitative estimate of drug-likeness (QED) is 0.227. The second-order valence-electron chi connectivity index (χ2n) is 10.4. The summed E-state index contributed by atoms with van der Waals surface area (Å²) in [5.74, 6) is -0.202. The van der Waals surface area contributed by atoms with E-state index in [-0.39, 0.29) is 43.7 Å². The number of carbonyl (C=O) groups is 2. The van der Waals surface area contributed by atoms with E-state index in [1.54, 1.807) is 29.2 Å². The average Bonchev–Trinajstić information content (AvgIpc) is 2.91. The van der Waals surface area contributed by atoms with E-state index in [9.17, 15) is 18.0 Å². The van der Waals surface area contributed by atoms with Crippen molar-refractivity contribution in [1.29, 1.82) is 0 Å². The second-order valence-corrected chi connectivity index (χ2v) is 13.7. The van der Waals surface area contributed by atoms with Crippen molar-refractivity contribution >= 4 is 55.1 Å². The van der Waals surface area contributed by atoms with Crippen LogP contribution in [-0.4, -0.2) is 50.5 Å². The molecular formula is C31H37BrClN3O4S. The first-order valence-corrected chi connectivity index (χ1v) is 16.5. The van der Waals surface area contributed by atoms with Crippen LogP contribution in [-0.2, 0) is 32.6 Å². The van der Waals surface area contributed by atoms with Crippen LogP contribution in [0.1, 0.15) is 37.8 Å². The standard InChI is InChI=1S/C31H37BrClN3O4S/c1-23(2)21-34-31(38)29(19-24-10-5-4-6-11-24)35(22-25-12-7-13-26(32)18-25)30(37)16-9-17-36(41(3,39)40)28-15-8-14-27(33)20-28/h4-8,10-15,18,20,23,29H,9,16-17,19,21-22H2,1-3H3,(H,34,38)/t29-/m1/s1. The van der Waals surface area contributed by atoms with E-state index in [0.29, 0.717) is 23.7 Å². The maximum absolute atomic E-state index is 13.9. The Labute approximate surface area is 257 Å². The van der Waals surface area contributed by atoms with Crippen LogP contribution in [0.4, 0.5) is 5.69 Å². The molecule has 2 amide bonds. The molecule has 0 unspecified atom stereocenters. The van der Waals surface area contributed by atoms with Gasteiger partial charge in [-0.25, -0.2) is 8.42 Å². The fraction of sp³-hybridized carbons (Fsp3) is 0.355. The highest BCUT2D eigenvalue weighted by Gasteiger charge is 2.30. The number of nitrogens with zero attached hydrogens (tertiary/aromatic N) is 2. The van der Waals surface area contributed by atoms with Gasteiger partial charge in [0.25, 0.3) is 0 Å². The first-order valence-electron chi connectivity index (χ1n) is 13.5. The van der Waals surface area contributed by atoms with E-state index in [0.717, 1.165) is 21.9 Å². The lowest BCUT2D eigenvalue weighted by atomic mass is 10.0. The molecule has 0 spiro atoms. The summed E-state index contributed by atoms with van der Waals surface area (Å²) in [6.07, 6.45) is 1.80. The van der Waals surface area contributed by atoms with Crippen LogP contribution in [0, 0.1) is 5.92 Å². The molecule has 0 saturated heterocycles. The average molecular weight is 663 g/mol.